The van der Waals surface area contributed by atoms with E-state index >= 15 is 0 Å². The summed E-state index contributed by atoms with van der Waals surface area (Å²) in [6, 6.07) is 7.16. The second-order valence-corrected chi connectivity index (χ2v) is 6.24. The molecule has 1 aromatic heterocycles. The van der Waals surface area contributed by atoms with Crippen LogP contribution in [-0.2, 0) is 16.1 Å². The molecule has 1 aliphatic rings. The summed E-state index contributed by atoms with van der Waals surface area (Å²) < 4.78 is 5.31. The van der Waals surface area contributed by atoms with Gasteiger partial charge in [-0.05, 0) is 42.4 Å². The molecule has 1 aliphatic heterocycles. The van der Waals surface area contributed by atoms with Crippen LogP contribution in [0, 0.1) is 0 Å². The van der Waals surface area contributed by atoms with Crippen LogP contribution in [0.5, 0.6) is 0 Å². The first-order valence-corrected chi connectivity index (χ1v) is 8.69. The van der Waals surface area contributed by atoms with Crippen LogP contribution < -0.4 is 5.32 Å². The summed E-state index contributed by atoms with van der Waals surface area (Å²) >= 11 is 5.86. The maximum absolute atomic E-state index is 12.0. The van der Waals surface area contributed by atoms with Gasteiger partial charge in [-0.3, -0.25) is 9.69 Å². The number of benzene rings is 1. The number of halogens is 1. The van der Waals surface area contributed by atoms with Crippen LogP contribution in [0.2, 0.25) is 5.02 Å². The fourth-order valence-electron chi connectivity index (χ4n) is 2.56. The second-order valence-electron chi connectivity index (χ2n) is 5.81. The number of nitrogens with zero attached hydrogens (tertiary/aromatic N) is 5. The molecule has 1 amide bonds. The number of ether oxygens (including phenoxy) is 1. The van der Waals surface area contributed by atoms with E-state index in [9.17, 15) is 4.79 Å². The predicted octanol–water partition coefficient (Wildman–Crippen LogP) is 0.832. The molecule has 2 heterocycles. The zero-order valence-corrected chi connectivity index (χ0v) is 14.7. The van der Waals surface area contributed by atoms with Gasteiger partial charge in [-0.25, -0.2) is 0 Å². The van der Waals surface area contributed by atoms with E-state index in [-0.39, 0.29) is 12.5 Å². The summed E-state index contributed by atoms with van der Waals surface area (Å²) in [5, 5.41) is 15.6. The molecule has 0 saturated carbocycles. The summed E-state index contributed by atoms with van der Waals surface area (Å²) in [5.74, 6) is 0.346. The summed E-state index contributed by atoms with van der Waals surface area (Å²) in [6.45, 7) is 5.16. The molecule has 1 fully saturated rings. The van der Waals surface area contributed by atoms with Gasteiger partial charge in [-0.2, -0.15) is 4.80 Å². The molecule has 0 radical (unpaired) electrons. The number of nitrogens with one attached hydrogen (secondary N) is 1. The smallest absolute Gasteiger partial charge is 0.243 e. The molecule has 0 unspecified atom stereocenters. The van der Waals surface area contributed by atoms with Gasteiger partial charge >= 0.3 is 0 Å². The van der Waals surface area contributed by atoms with E-state index in [1.54, 1.807) is 12.1 Å². The van der Waals surface area contributed by atoms with Crippen molar-refractivity contribution in [2.45, 2.75) is 13.0 Å². The molecule has 1 aromatic carbocycles. The summed E-state index contributed by atoms with van der Waals surface area (Å²) in [6.07, 6.45) is 0.909. The van der Waals surface area contributed by atoms with E-state index in [2.05, 4.69) is 25.6 Å². The van der Waals surface area contributed by atoms with Gasteiger partial charge in [0.15, 0.2) is 0 Å². The van der Waals surface area contributed by atoms with E-state index in [4.69, 9.17) is 16.3 Å². The highest BCUT2D eigenvalue weighted by Gasteiger charge is 2.11. The fourth-order valence-corrected chi connectivity index (χ4v) is 2.69. The lowest BCUT2D eigenvalue weighted by molar-refractivity contribution is -0.122. The molecule has 1 N–H and O–H groups in total. The Kier molecular flexibility index (Phi) is 6.32. The number of amides is 1. The molecule has 0 spiro atoms. The number of rotatable bonds is 7. The number of aromatic nitrogens is 4. The summed E-state index contributed by atoms with van der Waals surface area (Å²) in [5.41, 5.74) is 0.807. The summed E-state index contributed by atoms with van der Waals surface area (Å²) in [7, 11) is 0. The van der Waals surface area contributed by atoms with Crippen molar-refractivity contribution in [3.63, 3.8) is 0 Å². The molecule has 134 valence electrons. The van der Waals surface area contributed by atoms with Crippen LogP contribution in [0.25, 0.3) is 11.4 Å². The largest absolute Gasteiger partial charge is 0.379 e. The van der Waals surface area contributed by atoms with Gasteiger partial charge in [0.05, 0.1) is 13.2 Å². The molecule has 0 bridgehead atoms. The number of carbonyl (C=O) groups is 1. The first-order chi connectivity index (χ1) is 12.2. The molecule has 9 heteroatoms. The quantitative estimate of drug-likeness (QED) is 0.732. The zero-order valence-electron chi connectivity index (χ0n) is 13.9. The van der Waals surface area contributed by atoms with Gasteiger partial charge in [0.2, 0.25) is 11.7 Å². The Morgan fingerprint density at radius 2 is 2.00 bits per heavy atom. The van der Waals surface area contributed by atoms with Crippen LogP contribution in [0.1, 0.15) is 6.42 Å². The monoisotopic (exact) mass is 364 g/mol. The molecule has 1 saturated heterocycles. The van der Waals surface area contributed by atoms with E-state index < -0.39 is 0 Å². The van der Waals surface area contributed by atoms with Crippen molar-refractivity contribution in [2.24, 2.45) is 0 Å². The molecular weight excluding hydrogens is 344 g/mol. The first kappa shape index (κ1) is 17.8. The van der Waals surface area contributed by atoms with Gasteiger partial charge in [0.25, 0.3) is 0 Å². The number of carbonyl (C=O) groups excluding carboxylic acids is 1. The third kappa shape index (κ3) is 5.48. The minimum Gasteiger partial charge on any atom is -0.379 e. The summed E-state index contributed by atoms with van der Waals surface area (Å²) in [4.78, 5) is 15.6. The molecular formula is C16H21ClN6O2. The SMILES string of the molecule is O=C(Cn1nnc(-c2ccc(Cl)cc2)n1)NCCCN1CCOCC1. The standard InChI is InChI=1S/C16H21ClN6O2/c17-14-4-2-13(3-5-14)16-19-21-23(20-16)12-15(24)18-6-1-7-22-8-10-25-11-9-22/h2-5H,1,6-12H2,(H,18,24). The first-order valence-electron chi connectivity index (χ1n) is 8.31. The highest BCUT2D eigenvalue weighted by atomic mass is 35.5. The van der Waals surface area contributed by atoms with Crippen molar-refractivity contribution in [1.82, 2.24) is 30.4 Å². The van der Waals surface area contributed by atoms with Crippen LogP contribution >= 0.6 is 11.6 Å². The van der Waals surface area contributed by atoms with E-state index in [1.165, 1.54) is 4.80 Å². The van der Waals surface area contributed by atoms with Crippen molar-refractivity contribution in [2.75, 3.05) is 39.4 Å². The Morgan fingerprint density at radius 1 is 1.24 bits per heavy atom. The Bertz CT molecular complexity index is 684. The number of morpholine rings is 1. The lowest BCUT2D eigenvalue weighted by Crippen LogP contribution is -2.38. The van der Waals surface area contributed by atoms with Gasteiger partial charge in [0, 0.05) is 30.2 Å². The Morgan fingerprint density at radius 3 is 2.76 bits per heavy atom. The third-order valence-corrected chi connectivity index (χ3v) is 4.17. The van der Waals surface area contributed by atoms with Crippen LogP contribution in [0.4, 0.5) is 0 Å². The molecule has 3 rings (SSSR count). The average Bonchev–Trinajstić information content (AvgIpc) is 3.09. The topological polar surface area (TPSA) is 85.2 Å². The van der Waals surface area contributed by atoms with Crippen molar-refractivity contribution < 1.29 is 9.53 Å². The molecule has 2 aromatic rings. The van der Waals surface area contributed by atoms with Gasteiger partial charge in [0.1, 0.15) is 6.54 Å². The third-order valence-electron chi connectivity index (χ3n) is 3.92. The number of hydrogen-bond acceptors (Lipinski definition) is 6. The normalized spacial score (nSPS) is 15.2. The van der Waals surface area contributed by atoms with Crippen molar-refractivity contribution in [1.29, 1.82) is 0 Å². The minimum absolute atomic E-state index is 0.0537. The highest BCUT2D eigenvalue weighted by Crippen LogP contribution is 2.16. The lowest BCUT2D eigenvalue weighted by Gasteiger charge is -2.26. The maximum Gasteiger partial charge on any atom is 0.243 e. The van der Waals surface area contributed by atoms with Crippen LogP contribution in [0.15, 0.2) is 24.3 Å². The van der Waals surface area contributed by atoms with Crippen LogP contribution in [-0.4, -0.2) is 70.4 Å². The lowest BCUT2D eigenvalue weighted by atomic mass is 10.2. The Labute approximate surface area is 151 Å². The average molecular weight is 365 g/mol. The highest BCUT2D eigenvalue weighted by molar-refractivity contribution is 6.30. The minimum atomic E-state index is -0.123. The predicted molar refractivity (Wildman–Crippen MR) is 93.1 cm³/mol. The fraction of sp³-hybridized carbons (Fsp3) is 0.500. The molecule has 0 aliphatic carbocycles. The van der Waals surface area contributed by atoms with Gasteiger partial charge < -0.3 is 10.1 Å². The van der Waals surface area contributed by atoms with Gasteiger partial charge in [-0.1, -0.05) is 11.6 Å². The Hall–Kier alpha value is -2.03. The molecule has 8 nitrogen and oxygen atoms in total. The second kappa shape index (κ2) is 8.89. The molecule has 25 heavy (non-hydrogen) atoms. The van der Waals surface area contributed by atoms with Crippen molar-refractivity contribution >= 4 is 17.5 Å². The Balaban J connectivity index is 1.40. The molecule has 0 atom stereocenters. The number of tetrazole rings is 1. The van der Waals surface area contributed by atoms with Crippen molar-refractivity contribution in [3.8, 4) is 11.4 Å². The van der Waals surface area contributed by atoms with E-state index in [1.807, 2.05) is 12.1 Å². The van der Waals surface area contributed by atoms with E-state index in [0.717, 1.165) is 44.8 Å². The maximum atomic E-state index is 12.0. The van der Waals surface area contributed by atoms with Gasteiger partial charge in [-0.15, -0.1) is 10.2 Å². The van der Waals surface area contributed by atoms with Crippen LogP contribution in [0.3, 0.4) is 0 Å². The number of hydrogen-bond donors (Lipinski definition) is 1. The van der Waals surface area contributed by atoms with Crippen molar-refractivity contribution in [3.05, 3.63) is 29.3 Å². The zero-order chi connectivity index (χ0) is 17.5. The van der Waals surface area contributed by atoms with E-state index in [0.29, 0.717) is 17.4 Å².